The van der Waals surface area contributed by atoms with Gasteiger partial charge in [0.25, 0.3) is 5.91 Å². The molecule has 1 aliphatic rings. The Bertz CT molecular complexity index is 464. The van der Waals surface area contributed by atoms with Gasteiger partial charge in [0.15, 0.2) is 0 Å². The number of carbonyl (C=O) groups is 2. The first kappa shape index (κ1) is 11.2. The molecule has 2 rings (SSSR count). The Balaban J connectivity index is 1.88. The first-order valence-electron chi connectivity index (χ1n) is 5.19. The first-order chi connectivity index (χ1) is 8.25. The van der Waals surface area contributed by atoms with Crippen molar-refractivity contribution in [2.45, 2.75) is 6.54 Å². The highest BCUT2D eigenvalue weighted by atomic mass is 16.2. The number of nitrogens with zero attached hydrogens (tertiary/aromatic N) is 2. The van der Waals surface area contributed by atoms with Gasteiger partial charge < -0.3 is 5.32 Å². The molecule has 1 N–H and O–H groups in total. The molecule has 0 bridgehead atoms. The van der Waals surface area contributed by atoms with E-state index in [1.165, 1.54) is 18.4 Å². The summed E-state index contributed by atoms with van der Waals surface area (Å²) in [4.78, 5) is 30.1. The molecule has 1 aromatic heterocycles. The van der Waals surface area contributed by atoms with Crippen LogP contribution in [0.2, 0.25) is 0 Å². The zero-order valence-electron chi connectivity index (χ0n) is 9.04. The Morgan fingerprint density at radius 2 is 2.29 bits per heavy atom. The van der Waals surface area contributed by atoms with Gasteiger partial charge in [0.05, 0.1) is 18.2 Å². The average Bonchev–Trinajstić information content (AvgIpc) is 2.38. The number of aromatic nitrogens is 1. The summed E-state index contributed by atoms with van der Waals surface area (Å²) in [5, 5.41) is 2.73. The van der Waals surface area contributed by atoms with Gasteiger partial charge in [-0.05, 0) is 12.1 Å². The fraction of sp³-hybridized carbons (Fsp3) is 0.167. The lowest BCUT2D eigenvalue weighted by atomic mass is 10.1. The van der Waals surface area contributed by atoms with Crippen LogP contribution >= 0.6 is 0 Å². The molecule has 0 aromatic carbocycles. The minimum atomic E-state index is -0.476. The van der Waals surface area contributed by atoms with E-state index in [0.717, 1.165) is 5.69 Å². The van der Waals surface area contributed by atoms with Crippen molar-refractivity contribution in [3.05, 3.63) is 42.2 Å². The van der Waals surface area contributed by atoms with Crippen molar-refractivity contribution in [2.75, 3.05) is 0 Å². The van der Waals surface area contributed by atoms with Crippen LogP contribution in [0.25, 0.3) is 0 Å². The highest BCUT2D eigenvalue weighted by Crippen LogP contribution is 2.03. The molecule has 0 fully saturated rings. The summed E-state index contributed by atoms with van der Waals surface area (Å²) in [5.41, 5.74) is 0.786. The monoisotopic (exact) mass is 229 g/mol. The number of nitrogens with one attached hydrogen (secondary N) is 1. The number of rotatable bonds is 3. The number of amides is 2. The third-order valence-electron chi connectivity index (χ3n) is 2.28. The number of carbonyl (C=O) groups excluding carboxylic acids is 2. The first-order valence-corrected chi connectivity index (χ1v) is 5.19. The molecule has 5 nitrogen and oxygen atoms in total. The summed E-state index contributed by atoms with van der Waals surface area (Å²) in [6, 6.07) is 5.50. The summed E-state index contributed by atoms with van der Waals surface area (Å²) in [7, 11) is 0. The van der Waals surface area contributed by atoms with Gasteiger partial charge in [0.1, 0.15) is 0 Å². The highest BCUT2D eigenvalue weighted by Gasteiger charge is 2.16. The molecule has 1 unspecified atom stereocenters. The molecule has 0 radical (unpaired) electrons. The van der Waals surface area contributed by atoms with E-state index in [0.29, 0.717) is 6.54 Å². The fourth-order valence-electron chi connectivity index (χ4n) is 1.39. The Kier molecular flexibility index (Phi) is 3.40. The summed E-state index contributed by atoms with van der Waals surface area (Å²) in [6.45, 7) is 0.367. The molecule has 0 saturated carbocycles. The molecular formula is C12H11N3O2. The minimum absolute atomic E-state index is 0.192. The molecule has 0 spiro atoms. The van der Waals surface area contributed by atoms with Crippen molar-refractivity contribution in [3.63, 3.8) is 0 Å². The van der Waals surface area contributed by atoms with Crippen molar-refractivity contribution in [2.24, 2.45) is 10.9 Å². The van der Waals surface area contributed by atoms with E-state index < -0.39 is 5.92 Å². The quantitative estimate of drug-likeness (QED) is 0.819. The lowest BCUT2D eigenvalue weighted by molar-refractivity contribution is -0.122. The van der Waals surface area contributed by atoms with Gasteiger partial charge in [0.2, 0.25) is 5.91 Å². The van der Waals surface area contributed by atoms with Gasteiger partial charge in [-0.3, -0.25) is 14.6 Å². The van der Waals surface area contributed by atoms with E-state index in [4.69, 9.17) is 0 Å². The summed E-state index contributed by atoms with van der Waals surface area (Å²) < 4.78 is 0. The van der Waals surface area contributed by atoms with Crippen molar-refractivity contribution in [3.8, 4) is 0 Å². The molecule has 0 saturated heterocycles. The number of hydrogen-bond acceptors (Lipinski definition) is 3. The zero-order chi connectivity index (χ0) is 12.1. The molecule has 1 aliphatic heterocycles. The van der Waals surface area contributed by atoms with Crippen LogP contribution in [-0.4, -0.2) is 23.0 Å². The standard InChI is InChI=1S/C12H11N3O2/c16-11-5-4-9(7-14-11)12(17)15-8-10-3-1-2-6-13-10/h1-7,9H,8H2,(H,15,17). The second kappa shape index (κ2) is 5.16. The number of hydrogen-bond donors (Lipinski definition) is 1. The predicted octanol–water partition coefficient (Wildman–Crippen LogP) is 0.481. The Morgan fingerprint density at radius 3 is 2.94 bits per heavy atom. The Morgan fingerprint density at radius 1 is 1.41 bits per heavy atom. The van der Waals surface area contributed by atoms with Crippen LogP contribution in [0.3, 0.4) is 0 Å². The normalized spacial score (nSPS) is 18.1. The molecule has 5 heteroatoms. The topological polar surface area (TPSA) is 71.4 Å². The van der Waals surface area contributed by atoms with Crippen molar-refractivity contribution in [1.82, 2.24) is 10.3 Å². The number of pyridine rings is 1. The van der Waals surface area contributed by atoms with Crippen LogP contribution < -0.4 is 5.32 Å². The Hall–Kier alpha value is -2.30. The van der Waals surface area contributed by atoms with E-state index in [-0.39, 0.29) is 11.8 Å². The molecule has 17 heavy (non-hydrogen) atoms. The SMILES string of the molecule is O=C1C=CC(C(=O)NCc2ccccn2)C=N1. The molecule has 1 atom stereocenters. The minimum Gasteiger partial charge on any atom is -0.350 e. The third kappa shape index (κ3) is 3.07. The highest BCUT2D eigenvalue weighted by molar-refractivity contribution is 6.05. The van der Waals surface area contributed by atoms with E-state index in [1.807, 2.05) is 18.2 Å². The number of dihydropyridines is 1. The molecule has 2 amide bonds. The summed E-state index contributed by atoms with van der Waals surface area (Å²) in [5.74, 6) is -1.00. The van der Waals surface area contributed by atoms with Gasteiger partial charge >= 0.3 is 0 Å². The predicted molar refractivity (Wildman–Crippen MR) is 62.2 cm³/mol. The third-order valence-corrected chi connectivity index (χ3v) is 2.28. The van der Waals surface area contributed by atoms with Crippen LogP contribution in [0.15, 0.2) is 41.5 Å². The van der Waals surface area contributed by atoms with E-state index in [9.17, 15) is 9.59 Å². The molecular weight excluding hydrogens is 218 g/mol. The molecule has 1 aromatic rings. The van der Waals surface area contributed by atoms with Crippen molar-refractivity contribution < 1.29 is 9.59 Å². The van der Waals surface area contributed by atoms with Gasteiger partial charge in [-0.25, -0.2) is 4.99 Å². The van der Waals surface area contributed by atoms with E-state index in [1.54, 1.807) is 6.20 Å². The van der Waals surface area contributed by atoms with Crippen LogP contribution in [0.4, 0.5) is 0 Å². The van der Waals surface area contributed by atoms with E-state index >= 15 is 0 Å². The van der Waals surface area contributed by atoms with Gasteiger partial charge in [-0.2, -0.15) is 0 Å². The lowest BCUT2D eigenvalue weighted by Gasteiger charge is -2.10. The second-order valence-corrected chi connectivity index (χ2v) is 3.54. The molecule has 2 heterocycles. The van der Waals surface area contributed by atoms with E-state index in [2.05, 4.69) is 15.3 Å². The molecule has 86 valence electrons. The summed E-state index contributed by atoms with van der Waals surface area (Å²) >= 11 is 0. The maximum Gasteiger partial charge on any atom is 0.269 e. The fourth-order valence-corrected chi connectivity index (χ4v) is 1.39. The average molecular weight is 229 g/mol. The van der Waals surface area contributed by atoms with Gasteiger partial charge in [0, 0.05) is 18.5 Å². The maximum absolute atomic E-state index is 11.7. The van der Waals surface area contributed by atoms with Crippen LogP contribution in [-0.2, 0) is 16.1 Å². The second-order valence-electron chi connectivity index (χ2n) is 3.54. The lowest BCUT2D eigenvalue weighted by Crippen LogP contribution is -2.31. The maximum atomic E-state index is 11.7. The zero-order valence-corrected chi connectivity index (χ0v) is 9.04. The smallest absolute Gasteiger partial charge is 0.269 e. The van der Waals surface area contributed by atoms with Crippen LogP contribution in [0, 0.1) is 5.92 Å². The van der Waals surface area contributed by atoms with Crippen LogP contribution in [0.1, 0.15) is 5.69 Å². The largest absolute Gasteiger partial charge is 0.350 e. The number of aliphatic imine (C=N–C) groups is 1. The van der Waals surface area contributed by atoms with Gasteiger partial charge in [-0.15, -0.1) is 0 Å². The van der Waals surface area contributed by atoms with Crippen molar-refractivity contribution >= 4 is 18.0 Å². The van der Waals surface area contributed by atoms with Gasteiger partial charge in [-0.1, -0.05) is 12.1 Å². The van der Waals surface area contributed by atoms with Crippen molar-refractivity contribution in [1.29, 1.82) is 0 Å². The Labute approximate surface area is 98.3 Å². The molecule has 0 aliphatic carbocycles. The van der Waals surface area contributed by atoms with Crippen LogP contribution in [0.5, 0.6) is 0 Å². The summed E-state index contributed by atoms with van der Waals surface area (Å²) in [6.07, 6.45) is 5.84.